The van der Waals surface area contributed by atoms with Crippen LogP contribution in [0.2, 0.25) is 0 Å². The van der Waals surface area contributed by atoms with Gasteiger partial charge in [-0.2, -0.15) is 20.2 Å². The van der Waals surface area contributed by atoms with Crippen LogP contribution in [0.25, 0.3) is 11.4 Å². The number of aliphatic hydroxyl groups is 1. The summed E-state index contributed by atoms with van der Waals surface area (Å²) in [5.74, 6) is 0.166. The van der Waals surface area contributed by atoms with Gasteiger partial charge in [0.1, 0.15) is 0 Å². The average Bonchev–Trinajstić information content (AvgIpc) is 2.89. The summed E-state index contributed by atoms with van der Waals surface area (Å²) in [5, 5.41) is 25.1. The standard InChI is InChI=1S/C29H29N7O2/c1-29(2,3)20-11-9-19(10-12-20)26(38)33-24-6-4-5-22(23(24)17-37)25-34-27(31)36-28(35-25)32-21-13-7-18(8-14-21)15-16-30/h4-14,37H,15,17H2,1-3H3,(H,33,38)(H3,31,32,34,35,36). The lowest BCUT2D eigenvalue weighted by molar-refractivity contribution is 0.102. The molecule has 0 aliphatic heterocycles. The van der Waals surface area contributed by atoms with Crippen molar-refractivity contribution < 1.29 is 9.90 Å². The lowest BCUT2D eigenvalue weighted by atomic mass is 9.86. The molecule has 4 rings (SSSR count). The average molecular weight is 508 g/mol. The number of aromatic nitrogens is 3. The quantitative estimate of drug-likeness (QED) is 0.274. The number of carbonyl (C=O) groups is 1. The lowest BCUT2D eigenvalue weighted by Crippen LogP contribution is -2.15. The maximum atomic E-state index is 13.0. The minimum absolute atomic E-state index is 0.00383. The van der Waals surface area contributed by atoms with Crippen molar-refractivity contribution in [1.82, 2.24) is 15.0 Å². The highest BCUT2D eigenvalue weighted by molar-refractivity contribution is 6.05. The molecule has 0 aliphatic rings. The molecule has 0 spiro atoms. The first-order valence-corrected chi connectivity index (χ1v) is 12.1. The zero-order valence-electron chi connectivity index (χ0n) is 21.5. The molecular formula is C29H29N7O2. The minimum Gasteiger partial charge on any atom is -0.392 e. The Bertz CT molecular complexity index is 1490. The number of nitrogen functional groups attached to an aromatic ring is 1. The Hall–Kier alpha value is -4.81. The lowest BCUT2D eigenvalue weighted by Gasteiger charge is -2.19. The molecule has 192 valence electrons. The largest absolute Gasteiger partial charge is 0.392 e. The van der Waals surface area contributed by atoms with E-state index in [1.807, 2.05) is 36.4 Å². The SMILES string of the molecule is CC(C)(C)c1ccc(C(=O)Nc2cccc(-c3nc(N)nc(Nc4ccc(CC#N)cc4)n3)c2CO)cc1. The van der Waals surface area contributed by atoms with Crippen molar-refractivity contribution in [3.8, 4) is 17.5 Å². The number of nitrogens with one attached hydrogen (secondary N) is 2. The van der Waals surface area contributed by atoms with Gasteiger partial charge in [-0.25, -0.2) is 0 Å². The Kier molecular flexibility index (Phi) is 7.65. The topological polar surface area (TPSA) is 150 Å². The van der Waals surface area contributed by atoms with Gasteiger partial charge in [0.15, 0.2) is 5.82 Å². The van der Waals surface area contributed by atoms with Crippen molar-refractivity contribution in [2.75, 3.05) is 16.4 Å². The van der Waals surface area contributed by atoms with Gasteiger partial charge in [-0.15, -0.1) is 0 Å². The van der Waals surface area contributed by atoms with Gasteiger partial charge in [0.2, 0.25) is 11.9 Å². The first-order valence-electron chi connectivity index (χ1n) is 12.1. The van der Waals surface area contributed by atoms with Crippen LogP contribution in [0.15, 0.2) is 66.7 Å². The molecule has 1 amide bonds. The van der Waals surface area contributed by atoms with Gasteiger partial charge in [-0.3, -0.25) is 4.79 Å². The van der Waals surface area contributed by atoms with Crippen LogP contribution in [0.4, 0.5) is 23.3 Å². The Morgan fingerprint density at radius 2 is 1.71 bits per heavy atom. The summed E-state index contributed by atoms with van der Waals surface area (Å²) in [6.07, 6.45) is 0.322. The molecule has 1 aromatic heterocycles. The zero-order valence-corrected chi connectivity index (χ0v) is 21.5. The number of nitriles is 1. The van der Waals surface area contributed by atoms with Crippen molar-refractivity contribution in [3.63, 3.8) is 0 Å². The van der Waals surface area contributed by atoms with E-state index in [4.69, 9.17) is 11.0 Å². The summed E-state index contributed by atoms with van der Waals surface area (Å²) in [4.78, 5) is 25.9. The number of carbonyl (C=O) groups excluding carboxylic acids is 1. The maximum absolute atomic E-state index is 13.0. The van der Waals surface area contributed by atoms with Gasteiger partial charge in [0.25, 0.3) is 5.91 Å². The second kappa shape index (κ2) is 11.1. The summed E-state index contributed by atoms with van der Waals surface area (Å²) in [7, 11) is 0. The van der Waals surface area contributed by atoms with Gasteiger partial charge < -0.3 is 21.5 Å². The van der Waals surface area contributed by atoms with E-state index in [0.717, 1.165) is 11.1 Å². The molecule has 4 aromatic rings. The van der Waals surface area contributed by atoms with E-state index in [0.29, 0.717) is 34.5 Å². The summed E-state index contributed by atoms with van der Waals surface area (Å²) < 4.78 is 0. The minimum atomic E-state index is -0.358. The number of hydrogen-bond acceptors (Lipinski definition) is 8. The normalized spacial score (nSPS) is 11.0. The smallest absolute Gasteiger partial charge is 0.255 e. The first kappa shape index (κ1) is 26.3. The van der Waals surface area contributed by atoms with Gasteiger partial charge in [-0.05, 0) is 46.9 Å². The van der Waals surface area contributed by atoms with Crippen molar-refractivity contribution in [3.05, 3.63) is 89.0 Å². The van der Waals surface area contributed by atoms with Crippen LogP contribution in [0.5, 0.6) is 0 Å². The van der Waals surface area contributed by atoms with Gasteiger partial charge >= 0.3 is 0 Å². The van der Waals surface area contributed by atoms with Gasteiger partial charge in [0, 0.05) is 28.1 Å². The fourth-order valence-corrected chi connectivity index (χ4v) is 3.89. The molecule has 5 N–H and O–H groups in total. The number of benzene rings is 3. The molecule has 0 saturated carbocycles. The molecule has 0 radical (unpaired) electrons. The van der Waals surface area contributed by atoms with E-state index in [1.54, 1.807) is 30.3 Å². The second-order valence-electron chi connectivity index (χ2n) is 9.77. The molecule has 0 aliphatic carbocycles. The van der Waals surface area contributed by atoms with Crippen LogP contribution in [0, 0.1) is 11.3 Å². The number of aliphatic hydroxyl groups excluding tert-OH is 1. The van der Waals surface area contributed by atoms with E-state index in [2.05, 4.69) is 52.4 Å². The molecule has 3 aromatic carbocycles. The molecule has 0 atom stereocenters. The summed E-state index contributed by atoms with van der Waals surface area (Å²) >= 11 is 0. The molecular weight excluding hydrogens is 478 g/mol. The third-order valence-corrected chi connectivity index (χ3v) is 5.98. The number of nitrogens with two attached hydrogens (primary N) is 1. The third kappa shape index (κ3) is 6.11. The number of rotatable bonds is 7. The van der Waals surface area contributed by atoms with Crippen LogP contribution in [-0.2, 0) is 18.4 Å². The van der Waals surface area contributed by atoms with Crippen LogP contribution < -0.4 is 16.4 Å². The highest BCUT2D eigenvalue weighted by Gasteiger charge is 2.18. The van der Waals surface area contributed by atoms with E-state index in [9.17, 15) is 9.90 Å². The summed E-state index contributed by atoms with van der Waals surface area (Å²) in [6.45, 7) is 5.98. The molecule has 0 saturated heterocycles. The summed E-state index contributed by atoms with van der Waals surface area (Å²) in [5.41, 5.74) is 10.6. The predicted molar refractivity (Wildman–Crippen MR) is 148 cm³/mol. The van der Waals surface area contributed by atoms with Crippen molar-refractivity contribution in [2.24, 2.45) is 0 Å². The molecule has 38 heavy (non-hydrogen) atoms. The first-order chi connectivity index (χ1) is 18.2. The summed E-state index contributed by atoms with van der Waals surface area (Å²) in [6, 6.07) is 22.1. The van der Waals surface area contributed by atoms with Crippen LogP contribution in [0.3, 0.4) is 0 Å². The zero-order chi connectivity index (χ0) is 27.3. The van der Waals surface area contributed by atoms with Crippen LogP contribution >= 0.6 is 0 Å². The predicted octanol–water partition coefficient (Wildman–Crippen LogP) is 4.97. The van der Waals surface area contributed by atoms with Gasteiger partial charge in [-0.1, -0.05) is 57.2 Å². The van der Waals surface area contributed by atoms with E-state index >= 15 is 0 Å². The van der Waals surface area contributed by atoms with E-state index in [1.165, 1.54) is 0 Å². The Labute approximate surface area is 221 Å². The van der Waals surface area contributed by atoms with E-state index < -0.39 is 0 Å². The number of hydrogen-bond donors (Lipinski definition) is 4. The van der Waals surface area contributed by atoms with Crippen molar-refractivity contribution in [2.45, 2.75) is 39.2 Å². The second-order valence-corrected chi connectivity index (χ2v) is 9.77. The van der Waals surface area contributed by atoms with Crippen LogP contribution in [0.1, 0.15) is 47.8 Å². The number of nitrogens with zero attached hydrogens (tertiary/aromatic N) is 4. The molecule has 0 unspecified atom stereocenters. The fraction of sp³-hybridized carbons (Fsp3) is 0.207. The number of anilines is 4. The molecule has 1 heterocycles. The molecule has 9 heteroatoms. The third-order valence-electron chi connectivity index (χ3n) is 5.98. The molecule has 0 fully saturated rings. The van der Waals surface area contributed by atoms with Crippen molar-refractivity contribution >= 4 is 29.2 Å². The Balaban J connectivity index is 1.60. The van der Waals surface area contributed by atoms with Crippen LogP contribution in [-0.4, -0.2) is 26.0 Å². The molecule has 0 bridgehead atoms. The Morgan fingerprint density at radius 1 is 1.00 bits per heavy atom. The highest BCUT2D eigenvalue weighted by Crippen LogP contribution is 2.29. The fourth-order valence-electron chi connectivity index (χ4n) is 3.89. The monoisotopic (exact) mass is 507 g/mol. The maximum Gasteiger partial charge on any atom is 0.255 e. The molecule has 9 nitrogen and oxygen atoms in total. The van der Waals surface area contributed by atoms with Gasteiger partial charge in [0.05, 0.1) is 19.1 Å². The number of amides is 1. The Morgan fingerprint density at radius 3 is 2.34 bits per heavy atom. The highest BCUT2D eigenvalue weighted by atomic mass is 16.3. The van der Waals surface area contributed by atoms with Crippen molar-refractivity contribution in [1.29, 1.82) is 5.26 Å². The van der Waals surface area contributed by atoms with E-state index in [-0.39, 0.29) is 35.7 Å².